The molecule has 2 rings (SSSR count). The van der Waals surface area contributed by atoms with Gasteiger partial charge in [-0.3, -0.25) is 14.9 Å². The molecular formula is C19H20N2O5. The van der Waals surface area contributed by atoms with Crippen molar-refractivity contribution in [1.29, 1.82) is 0 Å². The summed E-state index contributed by atoms with van der Waals surface area (Å²) >= 11 is 0. The molecule has 26 heavy (non-hydrogen) atoms. The van der Waals surface area contributed by atoms with Crippen LogP contribution in [0.15, 0.2) is 48.5 Å². The lowest BCUT2D eigenvalue weighted by Crippen LogP contribution is -2.37. The number of amides is 1. The second-order valence-corrected chi connectivity index (χ2v) is 5.99. The summed E-state index contributed by atoms with van der Waals surface area (Å²) in [7, 11) is 1.62. The Bertz CT molecular complexity index is 820. The van der Waals surface area contributed by atoms with E-state index in [9.17, 15) is 19.7 Å². The lowest BCUT2D eigenvalue weighted by Gasteiger charge is -2.21. The van der Waals surface area contributed by atoms with E-state index < -0.39 is 17.0 Å². The molecule has 1 atom stereocenters. The molecule has 0 aliphatic heterocycles. The quantitative estimate of drug-likeness (QED) is 0.451. The highest BCUT2D eigenvalue weighted by molar-refractivity contribution is 5.92. The minimum atomic E-state index is -1.00. The van der Waals surface area contributed by atoms with Crippen molar-refractivity contribution < 1.29 is 19.2 Å². The van der Waals surface area contributed by atoms with Crippen LogP contribution in [0.5, 0.6) is 0 Å². The molecule has 0 aliphatic rings. The van der Waals surface area contributed by atoms with Gasteiger partial charge in [0.1, 0.15) is 0 Å². The van der Waals surface area contributed by atoms with Crippen molar-refractivity contribution in [1.82, 2.24) is 4.90 Å². The van der Waals surface area contributed by atoms with Gasteiger partial charge in [-0.15, -0.1) is 0 Å². The first-order chi connectivity index (χ1) is 12.3. The van der Waals surface area contributed by atoms with Gasteiger partial charge < -0.3 is 9.64 Å². The Morgan fingerprint density at radius 1 is 1.19 bits per heavy atom. The zero-order valence-electron chi connectivity index (χ0n) is 14.8. The van der Waals surface area contributed by atoms with Gasteiger partial charge in [-0.2, -0.15) is 0 Å². The fourth-order valence-electron chi connectivity index (χ4n) is 2.46. The summed E-state index contributed by atoms with van der Waals surface area (Å²) in [5, 5.41) is 11.0. The number of aryl methyl sites for hydroxylation is 1. The molecule has 7 heteroatoms. The maximum Gasteiger partial charge on any atom is 0.339 e. The minimum Gasteiger partial charge on any atom is -0.449 e. The Kier molecular flexibility index (Phi) is 6.06. The molecule has 2 aromatic rings. The topological polar surface area (TPSA) is 89.8 Å². The molecule has 0 fully saturated rings. The Morgan fingerprint density at radius 2 is 1.85 bits per heavy atom. The molecule has 0 bridgehead atoms. The van der Waals surface area contributed by atoms with Gasteiger partial charge >= 0.3 is 5.97 Å². The van der Waals surface area contributed by atoms with Gasteiger partial charge in [0, 0.05) is 25.2 Å². The molecule has 2 aromatic carbocycles. The fraction of sp³-hybridized carbons (Fsp3) is 0.263. The number of ether oxygens (including phenoxy) is 1. The van der Waals surface area contributed by atoms with Gasteiger partial charge in [-0.05, 0) is 25.5 Å². The first-order valence-electron chi connectivity index (χ1n) is 8.04. The SMILES string of the molecule is Cc1ccc(C(=O)O[C@H](C)C(=O)N(C)Cc2ccccc2)cc1[N+](=O)[O-]. The van der Waals surface area contributed by atoms with Crippen molar-refractivity contribution >= 4 is 17.6 Å². The highest BCUT2D eigenvalue weighted by Gasteiger charge is 2.23. The molecule has 0 unspecified atom stereocenters. The van der Waals surface area contributed by atoms with E-state index in [1.807, 2.05) is 30.3 Å². The fourth-order valence-corrected chi connectivity index (χ4v) is 2.46. The van der Waals surface area contributed by atoms with Gasteiger partial charge in [0.25, 0.3) is 11.6 Å². The van der Waals surface area contributed by atoms with E-state index in [0.29, 0.717) is 12.1 Å². The Balaban J connectivity index is 2.03. The van der Waals surface area contributed by atoms with Crippen LogP contribution in [0.3, 0.4) is 0 Å². The summed E-state index contributed by atoms with van der Waals surface area (Å²) in [5.74, 6) is -1.13. The van der Waals surface area contributed by atoms with E-state index >= 15 is 0 Å². The van der Waals surface area contributed by atoms with E-state index in [1.165, 1.54) is 24.0 Å². The number of carbonyl (C=O) groups excluding carboxylic acids is 2. The summed E-state index contributed by atoms with van der Waals surface area (Å²) in [6, 6.07) is 13.5. The molecule has 0 saturated heterocycles. The van der Waals surface area contributed by atoms with Crippen molar-refractivity contribution in [3.63, 3.8) is 0 Å². The monoisotopic (exact) mass is 356 g/mol. The maximum absolute atomic E-state index is 12.4. The predicted octanol–water partition coefficient (Wildman–Crippen LogP) is 3.11. The smallest absolute Gasteiger partial charge is 0.339 e. The van der Waals surface area contributed by atoms with Crippen molar-refractivity contribution in [2.75, 3.05) is 7.05 Å². The van der Waals surface area contributed by atoms with Crippen molar-refractivity contribution in [2.45, 2.75) is 26.5 Å². The van der Waals surface area contributed by atoms with Crippen LogP contribution in [-0.2, 0) is 16.1 Å². The maximum atomic E-state index is 12.4. The number of nitrogens with zero attached hydrogens (tertiary/aromatic N) is 2. The number of carbonyl (C=O) groups is 2. The van der Waals surface area contributed by atoms with Crippen LogP contribution in [0, 0.1) is 17.0 Å². The number of hydrogen-bond acceptors (Lipinski definition) is 5. The summed E-state index contributed by atoms with van der Waals surface area (Å²) in [4.78, 5) is 36.5. The van der Waals surface area contributed by atoms with Crippen molar-refractivity contribution in [3.05, 3.63) is 75.3 Å². The molecule has 0 radical (unpaired) electrons. The standard InChI is InChI=1S/C19H20N2O5/c1-13-9-10-16(11-17(13)21(24)25)19(23)26-14(2)18(22)20(3)12-15-7-5-4-6-8-15/h4-11,14H,12H2,1-3H3/t14-/m1/s1. The van der Waals surface area contributed by atoms with Gasteiger partial charge in [0.2, 0.25) is 0 Å². The highest BCUT2D eigenvalue weighted by atomic mass is 16.6. The molecule has 0 N–H and O–H groups in total. The number of benzene rings is 2. The predicted molar refractivity (Wildman–Crippen MR) is 95.6 cm³/mol. The van der Waals surface area contributed by atoms with E-state index in [4.69, 9.17) is 4.74 Å². The molecule has 0 spiro atoms. The zero-order chi connectivity index (χ0) is 19.3. The zero-order valence-corrected chi connectivity index (χ0v) is 14.8. The Hall–Kier alpha value is -3.22. The third-order valence-corrected chi connectivity index (χ3v) is 3.91. The lowest BCUT2D eigenvalue weighted by molar-refractivity contribution is -0.385. The van der Waals surface area contributed by atoms with Crippen LogP contribution >= 0.6 is 0 Å². The first-order valence-corrected chi connectivity index (χ1v) is 8.04. The van der Waals surface area contributed by atoms with Crippen LogP contribution in [0.25, 0.3) is 0 Å². The summed E-state index contributed by atoms with van der Waals surface area (Å²) in [5.41, 5.74) is 1.27. The largest absolute Gasteiger partial charge is 0.449 e. The average Bonchev–Trinajstić information content (AvgIpc) is 2.61. The van der Waals surface area contributed by atoms with E-state index in [1.54, 1.807) is 14.0 Å². The molecule has 0 heterocycles. The molecule has 0 saturated carbocycles. The number of rotatable bonds is 6. The summed E-state index contributed by atoms with van der Waals surface area (Å²) < 4.78 is 5.18. The van der Waals surface area contributed by atoms with Crippen molar-refractivity contribution in [3.8, 4) is 0 Å². The second kappa shape index (κ2) is 8.24. The lowest BCUT2D eigenvalue weighted by atomic mass is 10.1. The number of hydrogen-bond donors (Lipinski definition) is 0. The van der Waals surface area contributed by atoms with Crippen LogP contribution in [0.2, 0.25) is 0 Å². The number of esters is 1. The van der Waals surface area contributed by atoms with E-state index in [0.717, 1.165) is 11.6 Å². The highest BCUT2D eigenvalue weighted by Crippen LogP contribution is 2.20. The molecule has 136 valence electrons. The third-order valence-electron chi connectivity index (χ3n) is 3.91. The van der Waals surface area contributed by atoms with Crippen molar-refractivity contribution in [2.24, 2.45) is 0 Å². The normalized spacial score (nSPS) is 11.5. The molecule has 1 amide bonds. The Labute approximate surface area is 151 Å². The third kappa shape index (κ3) is 4.66. The minimum absolute atomic E-state index is 0.0349. The number of nitro groups is 1. The van der Waals surface area contributed by atoms with Gasteiger partial charge in [-0.25, -0.2) is 4.79 Å². The Morgan fingerprint density at radius 3 is 2.46 bits per heavy atom. The molecular weight excluding hydrogens is 336 g/mol. The summed E-state index contributed by atoms with van der Waals surface area (Å²) in [6.45, 7) is 3.44. The van der Waals surface area contributed by atoms with Crippen LogP contribution < -0.4 is 0 Å². The summed E-state index contributed by atoms with van der Waals surface area (Å²) in [6.07, 6.45) is -1.00. The molecule has 0 aliphatic carbocycles. The van der Waals surface area contributed by atoms with Crippen LogP contribution in [-0.4, -0.2) is 34.9 Å². The number of nitro benzene ring substituents is 1. The van der Waals surface area contributed by atoms with E-state index in [-0.39, 0.29) is 17.2 Å². The van der Waals surface area contributed by atoms with Crippen LogP contribution in [0.1, 0.15) is 28.4 Å². The van der Waals surface area contributed by atoms with E-state index in [2.05, 4.69) is 0 Å². The first kappa shape index (κ1) is 19.1. The number of likely N-dealkylation sites (N-methyl/N-ethyl adjacent to an activating group) is 1. The van der Waals surface area contributed by atoms with Gasteiger partial charge in [0.05, 0.1) is 10.5 Å². The molecule has 0 aromatic heterocycles. The second-order valence-electron chi connectivity index (χ2n) is 5.99. The van der Waals surface area contributed by atoms with Crippen LogP contribution in [0.4, 0.5) is 5.69 Å². The van der Waals surface area contributed by atoms with Gasteiger partial charge in [-0.1, -0.05) is 36.4 Å². The average molecular weight is 356 g/mol. The van der Waals surface area contributed by atoms with Gasteiger partial charge in [0.15, 0.2) is 6.10 Å². The molecule has 7 nitrogen and oxygen atoms in total.